The maximum absolute atomic E-state index is 13.1. The fourth-order valence-electron chi connectivity index (χ4n) is 2.75. The Hall–Kier alpha value is -3.85. The molecule has 0 bridgehead atoms. The van der Waals surface area contributed by atoms with Gasteiger partial charge in [-0.05, 0) is 76.6 Å². The maximum atomic E-state index is 13.1. The van der Waals surface area contributed by atoms with Crippen molar-refractivity contribution in [2.24, 2.45) is 0 Å². The molecule has 0 aliphatic rings. The van der Waals surface area contributed by atoms with Crippen LogP contribution in [0.15, 0.2) is 83.6 Å². The molecular formula is C22H15BrFN5O2. The molecule has 2 aromatic heterocycles. The second-order valence-electron chi connectivity index (χ2n) is 6.47. The first-order chi connectivity index (χ1) is 15.0. The highest BCUT2D eigenvalue weighted by molar-refractivity contribution is 9.10. The Morgan fingerprint density at radius 3 is 2.48 bits per heavy atom. The summed E-state index contributed by atoms with van der Waals surface area (Å²) in [5.41, 5.74) is 1.61. The SMILES string of the molecule is O=C(Nc1ccc(Br)cn1)c1cccc(NC(=O)c2ccn(-c3ccc(F)cc3)n2)c1. The molecule has 0 unspecified atom stereocenters. The zero-order chi connectivity index (χ0) is 21.8. The molecule has 0 fully saturated rings. The van der Waals surface area contributed by atoms with Crippen LogP contribution in [0.25, 0.3) is 5.69 Å². The number of hydrogen-bond acceptors (Lipinski definition) is 4. The Balaban J connectivity index is 1.45. The van der Waals surface area contributed by atoms with Crippen LogP contribution in [0, 0.1) is 5.82 Å². The molecule has 9 heteroatoms. The third-order valence-corrected chi connectivity index (χ3v) is 4.73. The van der Waals surface area contributed by atoms with Gasteiger partial charge in [0.15, 0.2) is 5.69 Å². The van der Waals surface area contributed by atoms with Gasteiger partial charge in [-0.1, -0.05) is 6.07 Å². The Kier molecular flexibility index (Phi) is 5.85. The summed E-state index contributed by atoms with van der Waals surface area (Å²) < 4.78 is 15.4. The van der Waals surface area contributed by atoms with Gasteiger partial charge < -0.3 is 10.6 Å². The lowest BCUT2D eigenvalue weighted by Crippen LogP contribution is -2.15. The van der Waals surface area contributed by atoms with Gasteiger partial charge in [-0.3, -0.25) is 9.59 Å². The van der Waals surface area contributed by atoms with Gasteiger partial charge in [-0.15, -0.1) is 0 Å². The third kappa shape index (κ3) is 5.01. The van der Waals surface area contributed by atoms with E-state index in [1.54, 1.807) is 67.0 Å². The minimum Gasteiger partial charge on any atom is -0.321 e. The minimum atomic E-state index is -0.437. The van der Waals surface area contributed by atoms with Gasteiger partial charge in [0, 0.05) is 28.1 Å². The normalized spacial score (nSPS) is 10.5. The molecule has 0 saturated carbocycles. The Morgan fingerprint density at radius 2 is 1.74 bits per heavy atom. The highest BCUT2D eigenvalue weighted by Gasteiger charge is 2.13. The van der Waals surface area contributed by atoms with Crippen LogP contribution in [-0.2, 0) is 0 Å². The number of carbonyl (C=O) groups is 2. The molecule has 0 radical (unpaired) electrons. The summed E-state index contributed by atoms with van der Waals surface area (Å²) in [5.74, 6) is -0.734. The van der Waals surface area contributed by atoms with Crippen molar-refractivity contribution in [1.82, 2.24) is 14.8 Å². The maximum Gasteiger partial charge on any atom is 0.276 e. The lowest BCUT2D eigenvalue weighted by molar-refractivity contribution is 0.101. The number of aromatic nitrogens is 3. The first kappa shape index (κ1) is 20.4. The lowest BCUT2D eigenvalue weighted by Gasteiger charge is -2.07. The van der Waals surface area contributed by atoms with Crippen LogP contribution in [-0.4, -0.2) is 26.6 Å². The van der Waals surface area contributed by atoms with E-state index in [0.717, 1.165) is 4.47 Å². The van der Waals surface area contributed by atoms with E-state index >= 15 is 0 Å². The number of anilines is 2. The molecule has 2 heterocycles. The minimum absolute atomic E-state index is 0.179. The molecule has 0 aliphatic carbocycles. The number of nitrogens with zero attached hydrogens (tertiary/aromatic N) is 3. The van der Waals surface area contributed by atoms with Crippen LogP contribution in [0.2, 0.25) is 0 Å². The summed E-state index contributed by atoms with van der Waals surface area (Å²) in [7, 11) is 0. The van der Waals surface area contributed by atoms with Gasteiger partial charge >= 0.3 is 0 Å². The number of rotatable bonds is 5. The molecule has 2 N–H and O–H groups in total. The second-order valence-corrected chi connectivity index (χ2v) is 7.39. The van der Waals surface area contributed by atoms with E-state index in [1.165, 1.54) is 16.8 Å². The molecule has 0 aliphatic heterocycles. The van der Waals surface area contributed by atoms with Crippen molar-refractivity contribution in [3.05, 3.63) is 101 Å². The topological polar surface area (TPSA) is 88.9 Å². The van der Waals surface area contributed by atoms with Crippen LogP contribution in [0.5, 0.6) is 0 Å². The fourth-order valence-corrected chi connectivity index (χ4v) is 2.99. The van der Waals surface area contributed by atoms with E-state index in [2.05, 4.69) is 36.6 Å². The van der Waals surface area contributed by atoms with E-state index < -0.39 is 5.91 Å². The summed E-state index contributed by atoms with van der Waals surface area (Å²) in [6, 6.07) is 17.3. The Bertz CT molecular complexity index is 1240. The molecular weight excluding hydrogens is 465 g/mol. The van der Waals surface area contributed by atoms with Crippen molar-refractivity contribution in [1.29, 1.82) is 0 Å². The largest absolute Gasteiger partial charge is 0.321 e. The highest BCUT2D eigenvalue weighted by Crippen LogP contribution is 2.16. The average Bonchev–Trinajstić information content (AvgIpc) is 3.26. The smallest absolute Gasteiger partial charge is 0.276 e. The van der Waals surface area contributed by atoms with E-state index in [1.807, 2.05) is 0 Å². The summed E-state index contributed by atoms with van der Waals surface area (Å²) in [4.78, 5) is 29.1. The predicted octanol–water partition coefficient (Wildman–Crippen LogP) is 4.67. The molecule has 0 atom stereocenters. The fraction of sp³-hybridized carbons (Fsp3) is 0. The number of hydrogen-bond donors (Lipinski definition) is 2. The van der Waals surface area contributed by atoms with Crippen LogP contribution in [0.3, 0.4) is 0 Å². The summed E-state index contributed by atoms with van der Waals surface area (Å²) >= 11 is 3.29. The van der Waals surface area contributed by atoms with Crippen molar-refractivity contribution in [2.45, 2.75) is 0 Å². The van der Waals surface area contributed by atoms with E-state index in [9.17, 15) is 14.0 Å². The summed E-state index contributed by atoms with van der Waals surface area (Å²) in [5, 5.41) is 9.64. The molecule has 2 amide bonds. The predicted molar refractivity (Wildman–Crippen MR) is 118 cm³/mol. The Labute approximate surface area is 185 Å². The molecule has 7 nitrogen and oxygen atoms in total. The number of nitrogens with one attached hydrogen (secondary N) is 2. The van der Waals surface area contributed by atoms with E-state index in [-0.39, 0.29) is 17.4 Å². The Morgan fingerprint density at radius 1 is 0.935 bits per heavy atom. The number of carbonyl (C=O) groups excluding carboxylic acids is 2. The second kappa shape index (κ2) is 8.88. The van der Waals surface area contributed by atoms with Gasteiger partial charge in [-0.2, -0.15) is 5.10 Å². The van der Waals surface area contributed by atoms with Crippen LogP contribution in [0.1, 0.15) is 20.8 Å². The van der Waals surface area contributed by atoms with E-state index in [4.69, 9.17) is 0 Å². The molecule has 4 rings (SSSR count). The van der Waals surface area contributed by atoms with Gasteiger partial charge in [0.05, 0.1) is 5.69 Å². The molecule has 4 aromatic rings. The van der Waals surface area contributed by atoms with Crippen LogP contribution < -0.4 is 10.6 Å². The number of amides is 2. The highest BCUT2D eigenvalue weighted by atomic mass is 79.9. The van der Waals surface area contributed by atoms with Crippen molar-refractivity contribution in [3.63, 3.8) is 0 Å². The number of pyridine rings is 1. The third-order valence-electron chi connectivity index (χ3n) is 4.26. The van der Waals surface area contributed by atoms with Gasteiger partial charge in [-0.25, -0.2) is 14.1 Å². The van der Waals surface area contributed by atoms with Gasteiger partial charge in [0.2, 0.25) is 0 Å². The van der Waals surface area contributed by atoms with E-state index in [0.29, 0.717) is 22.8 Å². The number of benzene rings is 2. The standard InChI is InChI=1S/C22H15BrFN5O2/c23-15-4-9-20(25-13-15)27-21(30)14-2-1-3-17(12-14)26-22(31)19-10-11-29(28-19)18-7-5-16(24)6-8-18/h1-13H,(H,26,31)(H,25,27,30). The molecule has 0 saturated heterocycles. The monoisotopic (exact) mass is 479 g/mol. The number of halogens is 2. The van der Waals surface area contributed by atoms with Gasteiger partial charge in [0.25, 0.3) is 11.8 Å². The van der Waals surface area contributed by atoms with Crippen molar-refractivity contribution >= 4 is 39.2 Å². The molecule has 0 spiro atoms. The van der Waals surface area contributed by atoms with Crippen molar-refractivity contribution < 1.29 is 14.0 Å². The molecule has 2 aromatic carbocycles. The van der Waals surface area contributed by atoms with Gasteiger partial charge in [0.1, 0.15) is 11.6 Å². The first-order valence-electron chi connectivity index (χ1n) is 9.14. The van der Waals surface area contributed by atoms with Crippen LogP contribution >= 0.6 is 15.9 Å². The summed E-state index contributed by atoms with van der Waals surface area (Å²) in [6.45, 7) is 0. The molecule has 154 valence electrons. The zero-order valence-electron chi connectivity index (χ0n) is 15.9. The first-order valence-corrected chi connectivity index (χ1v) is 9.93. The molecule has 31 heavy (non-hydrogen) atoms. The van der Waals surface area contributed by atoms with Crippen molar-refractivity contribution in [2.75, 3.05) is 10.6 Å². The summed E-state index contributed by atoms with van der Waals surface area (Å²) in [6.07, 6.45) is 3.19. The average molecular weight is 480 g/mol. The quantitative estimate of drug-likeness (QED) is 0.435. The zero-order valence-corrected chi connectivity index (χ0v) is 17.5. The van der Waals surface area contributed by atoms with Crippen molar-refractivity contribution in [3.8, 4) is 5.69 Å². The van der Waals surface area contributed by atoms with Crippen LogP contribution in [0.4, 0.5) is 15.9 Å². The lowest BCUT2D eigenvalue weighted by atomic mass is 10.2.